The minimum Gasteiger partial charge on any atom is -0.497 e. The highest BCUT2D eigenvalue weighted by Crippen LogP contribution is 2.64. The molecule has 0 saturated heterocycles. The Hall–Kier alpha value is -4.54. The summed E-state index contributed by atoms with van der Waals surface area (Å²) in [5, 5.41) is 14.7. The highest BCUT2D eigenvalue weighted by atomic mass is 16.5. The quantitative estimate of drug-likeness (QED) is 0.207. The molecule has 49 heavy (non-hydrogen) atoms. The van der Waals surface area contributed by atoms with Crippen molar-refractivity contribution in [3.05, 3.63) is 130 Å². The van der Waals surface area contributed by atoms with E-state index in [0.29, 0.717) is 0 Å². The molecule has 6 aliphatic rings. The predicted octanol–water partition coefficient (Wildman–Crippen LogP) is 9.91. The fourth-order valence-corrected chi connectivity index (χ4v) is 11.2. The van der Waals surface area contributed by atoms with Gasteiger partial charge in [-0.1, -0.05) is 72.8 Å². The molecule has 5 aromatic carbocycles. The van der Waals surface area contributed by atoms with Gasteiger partial charge in [0.15, 0.2) is 5.60 Å². The van der Waals surface area contributed by atoms with Crippen LogP contribution in [0.4, 0.5) is 0 Å². The number of methoxy groups -OCH3 is 2. The van der Waals surface area contributed by atoms with Crippen LogP contribution in [0, 0.1) is 17.8 Å². The summed E-state index contributed by atoms with van der Waals surface area (Å²) in [4.78, 5) is 0. The lowest BCUT2D eigenvalue weighted by atomic mass is 9.48. The first-order valence-electron chi connectivity index (χ1n) is 18.0. The Morgan fingerprint density at radius 3 is 2.04 bits per heavy atom. The monoisotopic (exact) mass is 646 g/mol. The highest BCUT2D eigenvalue weighted by molar-refractivity contribution is 6.09. The van der Waals surface area contributed by atoms with Crippen molar-refractivity contribution < 1.29 is 19.3 Å². The van der Waals surface area contributed by atoms with Crippen LogP contribution in [0.5, 0.6) is 17.2 Å². The second-order valence-corrected chi connectivity index (χ2v) is 15.7. The number of aliphatic hydroxyl groups is 1. The summed E-state index contributed by atoms with van der Waals surface area (Å²) in [7, 11) is 3.52. The van der Waals surface area contributed by atoms with Crippen molar-refractivity contribution in [2.24, 2.45) is 17.8 Å². The number of benzene rings is 5. The van der Waals surface area contributed by atoms with Crippen molar-refractivity contribution in [2.45, 2.75) is 62.1 Å². The van der Waals surface area contributed by atoms with Crippen molar-refractivity contribution in [2.75, 3.05) is 14.2 Å². The Balaban J connectivity index is 1.27. The van der Waals surface area contributed by atoms with E-state index in [1.165, 1.54) is 44.1 Å². The molecule has 4 saturated carbocycles. The lowest BCUT2D eigenvalue weighted by Crippen LogP contribution is -2.48. The third-order valence-corrected chi connectivity index (χ3v) is 12.9. The fraction of sp³-hybridized carbons (Fsp3) is 0.333. The molecule has 11 rings (SSSR count). The largest absolute Gasteiger partial charge is 0.497 e. The van der Waals surface area contributed by atoms with Gasteiger partial charge in [0.1, 0.15) is 22.8 Å². The van der Waals surface area contributed by atoms with Crippen LogP contribution < -0.4 is 14.2 Å². The van der Waals surface area contributed by atoms with E-state index in [-0.39, 0.29) is 5.41 Å². The smallest absolute Gasteiger partial charge is 0.178 e. The van der Waals surface area contributed by atoms with Crippen LogP contribution in [0.25, 0.3) is 28.0 Å². The molecule has 2 atom stereocenters. The summed E-state index contributed by atoms with van der Waals surface area (Å²) >= 11 is 0. The molecule has 0 aromatic heterocycles. The molecule has 246 valence electrons. The van der Waals surface area contributed by atoms with Gasteiger partial charge in [-0.15, -0.1) is 0 Å². The van der Waals surface area contributed by atoms with Crippen LogP contribution >= 0.6 is 0 Å². The molecule has 1 heterocycles. The third kappa shape index (κ3) is 4.01. The molecular weight excluding hydrogens is 604 g/mol. The molecule has 2 unspecified atom stereocenters. The second-order valence-electron chi connectivity index (χ2n) is 15.7. The van der Waals surface area contributed by atoms with Gasteiger partial charge < -0.3 is 19.3 Å². The molecule has 0 spiro atoms. The fourth-order valence-electron chi connectivity index (χ4n) is 11.2. The maximum absolute atomic E-state index is 12.5. The molecule has 5 aliphatic carbocycles. The molecule has 0 amide bonds. The lowest BCUT2D eigenvalue weighted by molar-refractivity contribution is -0.00609. The van der Waals surface area contributed by atoms with E-state index in [0.717, 1.165) is 84.7 Å². The van der Waals surface area contributed by atoms with E-state index in [9.17, 15) is 5.11 Å². The Morgan fingerprint density at radius 2 is 1.37 bits per heavy atom. The first-order chi connectivity index (χ1) is 23.8. The van der Waals surface area contributed by atoms with Gasteiger partial charge in [-0.3, -0.25) is 0 Å². The van der Waals surface area contributed by atoms with Crippen LogP contribution in [-0.2, 0) is 16.6 Å². The Kier molecular flexibility index (Phi) is 6.14. The average Bonchev–Trinajstić information content (AvgIpc) is 3.37. The lowest BCUT2D eigenvalue weighted by Gasteiger charge is -2.57. The zero-order valence-electron chi connectivity index (χ0n) is 28.5. The Bertz CT molecular complexity index is 2140. The van der Waals surface area contributed by atoms with E-state index >= 15 is 0 Å². The van der Waals surface area contributed by atoms with Crippen molar-refractivity contribution in [3.8, 4) is 28.4 Å². The molecule has 0 radical (unpaired) electrons. The van der Waals surface area contributed by atoms with Crippen molar-refractivity contribution >= 4 is 16.8 Å². The molecule has 4 bridgehead atoms. The molecule has 1 N–H and O–H groups in total. The summed E-state index contributed by atoms with van der Waals surface area (Å²) in [6.07, 6.45) is 12.3. The summed E-state index contributed by atoms with van der Waals surface area (Å²) in [6.45, 7) is 1.95. The number of hydrogen-bond donors (Lipinski definition) is 1. The van der Waals surface area contributed by atoms with E-state index in [2.05, 4.69) is 78.9 Å². The van der Waals surface area contributed by atoms with Crippen LogP contribution in [-0.4, -0.2) is 19.3 Å². The number of fused-ring (bicyclic) bond motifs is 8. The Labute approximate surface area is 288 Å². The molecular formula is C45H42O4. The maximum atomic E-state index is 12.5. The topological polar surface area (TPSA) is 47.9 Å². The summed E-state index contributed by atoms with van der Waals surface area (Å²) in [6, 6.07) is 31.7. The van der Waals surface area contributed by atoms with Gasteiger partial charge in [0, 0.05) is 33.2 Å². The number of hydrogen-bond acceptors (Lipinski definition) is 4. The van der Waals surface area contributed by atoms with Crippen LogP contribution in [0.3, 0.4) is 0 Å². The van der Waals surface area contributed by atoms with Crippen molar-refractivity contribution in [3.63, 3.8) is 0 Å². The molecule has 4 fully saturated rings. The number of rotatable bonds is 5. The minimum atomic E-state index is -1.19. The van der Waals surface area contributed by atoms with Crippen molar-refractivity contribution in [1.82, 2.24) is 0 Å². The zero-order chi connectivity index (χ0) is 33.1. The van der Waals surface area contributed by atoms with Crippen LogP contribution in [0.1, 0.15) is 78.8 Å². The molecule has 4 nitrogen and oxygen atoms in total. The number of ether oxygens (including phenoxy) is 3. The van der Waals surface area contributed by atoms with E-state index < -0.39 is 11.2 Å². The third-order valence-electron chi connectivity index (χ3n) is 12.9. The summed E-state index contributed by atoms with van der Waals surface area (Å²) in [5.74, 6) is 4.97. The van der Waals surface area contributed by atoms with Gasteiger partial charge in [0.25, 0.3) is 0 Å². The van der Waals surface area contributed by atoms with E-state index in [1.807, 2.05) is 38.3 Å². The SMILES string of the molecule is COc1ccc(C2(c3ccccc3)C=Cc3c4c(c5cc(C67CC8CC(CC(C8)C6)C7)c(OC)cc5c3O2)-c2ccccc2C4(C)O)cc1. The van der Waals surface area contributed by atoms with Crippen molar-refractivity contribution in [1.29, 1.82) is 0 Å². The van der Waals surface area contributed by atoms with Gasteiger partial charge in [-0.25, -0.2) is 0 Å². The average molecular weight is 647 g/mol. The van der Waals surface area contributed by atoms with E-state index in [1.54, 1.807) is 7.11 Å². The van der Waals surface area contributed by atoms with E-state index in [4.69, 9.17) is 14.2 Å². The maximum Gasteiger partial charge on any atom is 0.178 e. The van der Waals surface area contributed by atoms with Gasteiger partial charge in [-0.2, -0.15) is 0 Å². The molecule has 1 aliphatic heterocycles. The first kappa shape index (κ1) is 29.4. The second kappa shape index (κ2) is 10.2. The van der Waals surface area contributed by atoms with Gasteiger partial charge in [0.2, 0.25) is 0 Å². The summed E-state index contributed by atoms with van der Waals surface area (Å²) in [5.41, 5.74) is 6.43. The zero-order valence-corrected chi connectivity index (χ0v) is 28.5. The van der Waals surface area contributed by atoms with Gasteiger partial charge in [0.05, 0.1) is 14.2 Å². The standard InChI is InChI=1S/C45H42O4/c1-43(46)37-12-8-7-11-33(37)40-35-22-38(44-24-27-19-28(25-44)21-29(20-27)26-44)39(48-3)23-36(35)42-34(41(40)43)17-18-45(49-42,30-9-5-4-6-10-30)31-13-15-32(47-2)16-14-31/h4-18,22-23,27-29,46H,19-21,24-26H2,1-3H3. The summed E-state index contributed by atoms with van der Waals surface area (Å²) < 4.78 is 19.4. The highest BCUT2D eigenvalue weighted by Gasteiger charge is 2.53. The van der Waals surface area contributed by atoms with Gasteiger partial charge >= 0.3 is 0 Å². The first-order valence-corrected chi connectivity index (χ1v) is 18.0. The van der Waals surface area contributed by atoms with Crippen LogP contribution in [0.15, 0.2) is 97.1 Å². The normalized spacial score (nSPS) is 30.1. The molecule has 5 aromatic rings. The van der Waals surface area contributed by atoms with Gasteiger partial charge in [-0.05, 0) is 121 Å². The minimum absolute atomic E-state index is 0.134. The molecule has 4 heteroatoms. The Morgan fingerprint density at radius 1 is 0.714 bits per heavy atom. The van der Waals surface area contributed by atoms with Crippen LogP contribution in [0.2, 0.25) is 0 Å². The predicted molar refractivity (Wildman–Crippen MR) is 194 cm³/mol.